The van der Waals surface area contributed by atoms with Crippen molar-refractivity contribution < 1.29 is 4.79 Å². The highest BCUT2D eigenvalue weighted by Gasteiger charge is 2.01. The first-order chi connectivity index (χ1) is 6.77. The lowest BCUT2D eigenvalue weighted by Gasteiger charge is -2.02. The second-order valence-corrected chi connectivity index (χ2v) is 2.59. The largest absolute Gasteiger partial charge is 0.388 e. The zero-order valence-corrected chi connectivity index (χ0v) is 9.95. The Morgan fingerprint density at radius 2 is 2.00 bits per heavy atom. The highest BCUT2D eigenvalue weighted by atomic mass is 31.0. The van der Waals surface area contributed by atoms with Crippen LogP contribution in [-0.2, 0) is 0 Å². The number of benzene rings is 1. The molecule has 0 aliphatic carbocycles. The van der Waals surface area contributed by atoms with Gasteiger partial charge in [-0.2, -0.15) is 0 Å². The average Bonchev–Trinajstić information content (AvgIpc) is 2.30. The Bertz CT molecular complexity index is 289. The van der Waals surface area contributed by atoms with Gasteiger partial charge < -0.3 is 10.4 Å². The van der Waals surface area contributed by atoms with Crippen LogP contribution in [0, 0.1) is 0 Å². The van der Waals surface area contributed by atoms with E-state index in [1.165, 1.54) is 0 Å². The van der Waals surface area contributed by atoms with Crippen molar-refractivity contribution in [3.05, 3.63) is 29.8 Å². The van der Waals surface area contributed by atoms with Crippen LogP contribution in [0.4, 0.5) is 5.69 Å². The normalized spacial score (nSPS) is 8.29. The van der Waals surface area contributed by atoms with E-state index >= 15 is 0 Å². The Morgan fingerprint density at radius 3 is 2.50 bits per heavy atom. The first-order valence-electron chi connectivity index (χ1n) is 4.56. The third-order valence-corrected chi connectivity index (χ3v) is 1.81. The fourth-order valence-electron chi connectivity index (χ4n) is 0.899. The molecule has 0 radical (unpaired) electrons. The molecule has 0 heterocycles. The molecule has 2 N–H and O–H groups in total. The Labute approximate surface area is 87.5 Å². The predicted octanol–water partition coefficient (Wildman–Crippen LogP) is 2.27. The van der Waals surface area contributed by atoms with Crippen LogP contribution >= 0.6 is 9.39 Å². The van der Waals surface area contributed by atoms with E-state index in [1.54, 1.807) is 12.1 Å². The standard InChI is InChI=1S/C8H11N2OP.C2H6/c1-9-7-4-2-3-6(5-7)8(11)10-12;1-2/h2-5,9H,12H2,1H3,(H,10,11);1-2H3. The Kier molecular flexibility index (Phi) is 6.77. The molecule has 0 spiro atoms. The molecule has 0 aromatic heterocycles. The number of anilines is 1. The summed E-state index contributed by atoms with van der Waals surface area (Å²) in [5.41, 5.74) is 1.58. The van der Waals surface area contributed by atoms with Crippen molar-refractivity contribution in [1.29, 1.82) is 0 Å². The van der Waals surface area contributed by atoms with Gasteiger partial charge in [-0.15, -0.1) is 0 Å². The summed E-state index contributed by atoms with van der Waals surface area (Å²) < 4.78 is 0. The molecule has 3 nitrogen and oxygen atoms in total. The van der Waals surface area contributed by atoms with Gasteiger partial charge in [-0.25, -0.2) is 0 Å². The molecule has 0 fully saturated rings. The third kappa shape index (κ3) is 3.75. The SMILES string of the molecule is CC.CNc1cccc(C(=O)NP)c1. The van der Waals surface area contributed by atoms with Gasteiger partial charge in [-0.3, -0.25) is 4.79 Å². The molecule has 0 saturated carbocycles. The van der Waals surface area contributed by atoms with Crippen LogP contribution in [0.3, 0.4) is 0 Å². The summed E-state index contributed by atoms with van der Waals surface area (Å²) >= 11 is 0. The smallest absolute Gasteiger partial charge is 0.254 e. The number of carbonyl (C=O) groups excluding carboxylic acids is 1. The monoisotopic (exact) mass is 212 g/mol. The molecule has 1 rings (SSSR count). The van der Waals surface area contributed by atoms with Gasteiger partial charge in [0.2, 0.25) is 0 Å². The molecule has 4 heteroatoms. The van der Waals surface area contributed by atoms with Gasteiger partial charge in [0.1, 0.15) is 0 Å². The number of carbonyl (C=O) groups is 1. The molecule has 14 heavy (non-hydrogen) atoms. The number of amides is 1. The average molecular weight is 212 g/mol. The minimum absolute atomic E-state index is 0.0999. The fourth-order valence-corrected chi connectivity index (χ4v) is 1.07. The first-order valence-corrected chi connectivity index (χ1v) is 5.14. The molecule has 0 aliphatic rings. The molecule has 0 bridgehead atoms. The van der Waals surface area contributed by atoms with E-state index in [9.17, 15) is 4.79 Å². The molecule has 1 aromatic carbocycles. The second kappa shape index (κ2) is 7.34. The van der Waals surface area contributed by atoms with Gasteiger partial charge in [-0.1, -0.05) is 19.9 Å². The first kappa shape index (κ1) is 12.9. The zero-order chi connectivity index (χ0) is 11.0. The van der Waals surface area contributed by atoms with E-state index in [4.69, 9.17) is 0 Å². The Balaban J connectivity index is 0.000000791. The third-order valence-electron chi connectivity index (χ3n) is 1.54. The molecule has 1 aromatic rings. The highest BCUT2D eigenvalue weighted by molar-refractivity contribution is 7.15. The summed E-state index contributed by atoms with van der Waals surface area (Å²) in [5.74, 6) is -0.0999. The molecule has 1 atom stereocenters. The molecule has 0 aliphatic heterocycles. The fraction of sp³-hybridized carbons (Fsp3) is 0.300. The van der Waals surface area contributed by atoms with Gasteiger partial charge in [-0.05, 0) is 27.6 Å². The van der Waals surface area contributed by atoms with Gasteiger partial charge in [0.25, 0.3) is 5.91 Å². The van der Waals surface area contributed by atoms with Gasteiger partial charge in [0, 0.05) is 18.3 Å². The van der Waals surface area contributed by atoms with Crippen LogP contribution in [0.2, 0.25) is 0 Å². The summed E-state index contributed by atoms with van der Waals surface area (Å²) in [6.07, 6.45) is 0. The van der Waals surface area contributed by atoms with Gasteiger partial charge >= 0.3 is 0 Å². The van der Waals surface area contributed by atoms with Crippen LogP contribution in [0.5, 0.6) is 0 Å². The lowest BCUT2D eigenvalue weighted by molar-refractivity contribution is 0.0984. The summed E-state index contributed by atoms with van der Waals surface area (Å²) in [6, 6.07) is 7.29. The summed E-state index contributed by atoms with van der Waals surface area (Å²) in [6.45, 7) is 4.00. The van der Waals surface area contributed by atoms with E-state index in [1.807, 2.05) is 33.0 Å². The Morgan fingerprint density at radius 1 is 1.36 bits per heavy atom. The number of hydrogen-bond acceptors (Lipinski definition) is 2. The maximum Gasteiger partial charge on any atom is 0.254 e. The molecule has 0 saturated heterocycles. The van der Waals surface area contributed by atoms with Gasteiger partial charge in [0.15, 0.2) is 0 Å². The quantitative estimate of drug-likeness (QED) is 0.738. The number of hydrogen-bond donors (Lipinski definition) is 2. The molecule has 78 valence electrons. The van der Waals surface area contributed by atoms with Crippen LogP contribution < -0.4 is 10.4 Å². The molecule has 1 amide bonds. The lowest BCUT2D eigenvalue weighted by atomic mass is 10.2. The highest BCUT2D eigenvalue weighted by Crippen LogP contribution is 2.09. The van der Waals surface area contributed by atoms with E-state index in [0.717, 1.165) is 5.69 Å². The summed E-state index contributed by atoms with van der Waals surface area (Å²) in [7, 11) is 4.00. The molecular formula is C10H17N2OP. The van der Waals surface area contributed by atoms with Crippen LogP contribution in [0.15, 0.2) is 24.3 Å². The van der Waals surface area contributed by atoms with E-state index < -0.39 is 0 Å². The van der Waals surface area contributed by atoms with Crippen molar-refractivity contribution in [3.63, 3.8) is 0 Å². The number of nitrogens with one attached hydrogen (secondary N) is 2. The van der Waals surface area contributed by atoms with E-state index in [-0.39, 0.29) is 5.91 Å². The minimum Gasteiger partial charge on any atom is -0.388 e. The summed E-state index contributed by atoms with van der Waals surface area (Å²) in [5, 5.41) is 5.44. The van der Waals surface area contributed by atoms with Crippen molar-refractivity contribution in [2.24, 2.45) is 0 Å². The predicted molar refractivity (Wildman–Crippen MR) is 64.5 cm³/mol. The Hall–Kier alpha value is -1.08. The van der Waals surface area contributed by atoms with E-state index in [0.29, 0.717) is 5.56 Å². The van der Waals surface area contributed by atoms with Gasteiger partial charge in [0.05, 0.1) is 0 Å². The maximum absolute atomic E-state index is 11.1. The van der Waals surface area contributed by atoms with Crippen LogP contribution in [0.25, 0.3) is 0 Å². The topological polar surface area (TPSA) is 41.1 Å². The zero-order valence-electron chi connectivity index (χ0n) is 8.79. The van der Waals surface area contributed by atoms with Crippen molar-refractivity contribution in [3.8, 4) is 0 Å². The second-order valence-electron chi connectivity index (χ2n) is 2.30. The van der Waals surface area contributed by atoms with Crippen molar-refractivity contribution in [2.75, 3.05) is 12.4 Å². The van der Waals surface area contributed by atoms with E-state index in [2.05, 4.69) is 19.8 Å². The number of rotatable bonds is 2. The van der Waals surface area contributed by atoms with Crippen LogP contribution in [-0.4, -0.2) is 13.0 Å². The molecule has 1 unspecified atom stereocenters. The van der Waals surface area contributed by atoms with Crippen molar-refractivity contribution in [2.45, 2.75) is 13.8 Å². The van der Waals surface area contributed by atoms with Crippen molar-refractivity contribution in [1.82, 2.24) is 5.09 Å². The lowest BCUT2D eigenvalue weighted by Crippen LogP contribution is -2.11. The maximum atomic E-state index is 11.1. The molecular weight excluding hydrogens is 195 g/mol. The van der Waals surface area contributed by atoms with Crippen molar-refractivity contribution >= 4 is 21.0 Å². The minimum atomic E-state index is -0.0999. The van der Waals surface area contributed by atoms with Crippen LogP contribution in [0.1, 0.15) is 24.2 Å². The summed E-state index contributed by atoms with van der Waals surface area (Å²) in [4.78, 5) is 11.1.